The van der Waals surface area contributed by atoms with Crippen molar-refractivity contribution in [2.75, 3.05) is 31.6 Å². The summed E-state index contributed by atoms with van der Waals surface area (Å²) in [5.41, 5.74) is 0.863. The van der Waals surface area contributed by atoms with E-state index >= 15 is 0 Å². The van der Waals surface area contributed by atoms with E-state index in [1.165, 1.54) is 12.1 Å². The molecule has 1 heterocycles. The van der Waals surface area contributed by atoms with Crippen molar-refractivity contribution < 1.29 is 12.8 Å². The normalized spacial score (nSPS) is 19.6. The fourth-order valence-corrected chi connectivity index (χ4v) is 4.53. The second-order valence-corrected chi connectivity index (χ2v) is 8.18. The summed E-state index contributed by atoms with van der Waals surface area (Å²) in [5, 5.41) is 3.19. The molecule has 2 rings (SSSR count). The largest absolute Gasteiger partial charge is 0.357 e. The first-order chi connectivity index (χ1) is 10.9. The number of nitrogens with zero attached hydrogens (tertiary/aromatic N) is 2. The summed E-state index contributed by atoms with van der Waals surface area (Å²) in [4.78, 5) is 6.47. The van der Waals surface area contributed by atoms with Crippen molar-refractivity contribution >= 4 is 39.8 Å². The number of nitrogens with one attached hydrogen (secondary N) is 1. The number of hydrogen-bond donors (Lipinski definition) is 1. The van der Waals surface area contributed by atoms with Crippen LogP contribution in [0.15, 0.2) is 29.3 Å². The smallest absolute Gasteiger partial charge is 0.193 e. The molecule has 1 N–H and O–H groups in total. The molecule has 8 heteroatoms. The van der Waals surface area contributed by atoms with Gasteiger partial charge >= 0.3 is 0 Å². The molecular weight excluding hydrogens is 444 g/mol. The Morgan fingerprint density at radius 3 is 2.79 bits per heavy atom. The van der Waals surface area contributed by atoms with E-state index < -0.39 is 9.84 Å². The quantitative estimate of drug-likeness (QED) is 0.409. The van der Waals surface area contributed by atoms with Gasteiger partial charge in [-0.1, -0.05) is 12.1 Å². The summed E-state index contributed by atoms with van der Waals surface area (Å²) in [5.74, 6) is 1.04. The zero-order chi connectivity index (χ0) is 16.9. The van der Waals surface area contributed by atoms with Gasteiger partial charge in [-0.25, -0.2) is 12.8 Å². The highest BCUT2D eigenvalue weighted by Crippen LogP contribution is 2.18. The van der Waals surface area contributed by atoms with Gasteiger partial charge in [-0.05, 0) is 37.0 Å². The van der Waals surface area contributed by atoms with Crippen molar-refractivity contribution in [2.24, 2.45) is 10.9 Å². The van der Waals surface area contributed by atoms with Crippen LogP contribution in [0.4, 0.5) is 4.39 Å². The van der Waals surface area contributed by atoms with E-state index in [2.05, 4.69) is 10.3 Å². The molecule has 1 aromatic rings. The van der Waals surface area contributed by atoms with Crippen molar-refractivity contribution in [1.82, 2.24) is 10.2 Å². The highest BCUT2D eigenvalue weighted by molar-refractivity contribution is 14.0. The molecule has 0 saturated carbocycles. The first-order valence-corrected chi connectivity index (χ1v) is 9.66. The highest BCUT2D eigenvalue weighted by Gasteiger charge is 2.27. The van der Waals surface area contributed by atoms with Crippen molar-refractivity contribution in [1.29, 1.82) is 0 Å². The minimum absolute atomic E-state index is 0. The summed E-state index contributed by atoms with van der Waals surface area (Å²) in [6, 6.07) is 6.48. The number of aliphatic imine (C=N–C) groups is 1. The number of halogens is 2. The summed E-state index contributed by atoms with van der Waals surface area (Å²) < 4.78 is 36.3. The molecule has 0 bridgehead atoms. The molecule has 1 aromatic carbocycles. The molecule has 1 aliphatic heterocycles. The molecule has 136 valence electrons. The van der Waals surface area contributed by atoms with E-state index in [9.17, 15) is 12.8 Å². The van der Waals surface area contributed by atoms with Crippen LogP contribution in [0.1, 0.15) is 18.9 Å². The van der Waals surface area contributed by atoms with Crippen molar-refractivity contribution in [3.05, 3.63) is 35.6 Å². The first-order valence-electron chi connectivity index (χ1n) is 7.84. The van der Waals surface area contributed by atoms with Gasteiger partial charge in [0.15, 0.2) is 15.8 Å². The zero-order valence-corrected chi connectivity index (χ0v) is 17.2. The van der Waals surface area contributed by atoms with Crippen LogP contribution in [-0.4, -0.2) is 50.9 Å². The Labute approximate surface area is 160 Å². The molecule has 0 aliphatic carbocycles. The van der Waals surface area contributed by atoms with Gasteiger partial charge in [-0.3, -0.25) is 4.99 Å². The topological polar surface area (TPSA) is 61.8 Å². The molecule has 1 saturated heterocycles. The highest BCUT2D eigenvalue weighted by atomic mass is 127. The predicted octanol–water partition coefficient (Wildman–Crippen LogP) is 2.28. The lowest BCUT2D eigenvalue weighted by molar-refractivity contribution is 0.470. The van der Waals surface area contributed by atoms with Crippen LogP contribution in [0.5, 0.6) is 0 Å². The monoisotopic (exact) mass is 469 g/mol. The van der Waals surface area contributed by atoms with Crippen LogP contribution in [0.3, 0.4) is 0 Å². The lowest BCUT2D eigenvalue weighted by atomic mass is 10.1. The number of hydrogen-bond acceptors (Lipinski definition) is 3. The van der Waals surface area contributed by atoms with Crippen LogP contribution >= 0.6 is 24.0 Å². The minimum Gasteiger partial charge on any atom is -0.357 e. The number of guanidine groups is 1. The third-order valence-electron chi connectivity index (χ3n) is 3.83. The third-order valence-corrected chi connectivity index (χ3v) is 5.67. The van der Waals surface area contributed by atoms with Gasteiger partial charge < -0.3 is 10.2 Å². The third kappa shape index (κ3) is 6.54. The Morgan fingerprint density at radius 2 is 2.21 bits per heavy atom. The van der Waals surface area contributed by atoms with E-state index in [1.807, 2.05) is 24.9 Å². The van der Waals surface area contributed by atoms with Crippen LogP contribution < -0.4 is 5.32 Å². The second kappa shape index (κ2) is 9.55. The minimum atomic E-state index is -2.87. The summed E-state index contributed by atoms with van der Waals surface area (Å²) >= 11 is 0. The summed E-state index contributed by atoms with van der Waals surface area (Å²) in [6.07, 6.45) is 0.679. The zero-order valence-electron chi connectivity index (χ0n) is 14.0. The Kier molecular flexibility index (Phi) is 8.41. The average molecular weight is 469 g/mol. The molecule has 0 spiro atoms. The van der Waals surface area contributed by atoms with E-state index in [0.717, 1.165) is 12.1 Å². The van der Waals surface area contributed by atoms with Crippen LogP contribution in [0.25, 0.3) is 0 Å². The lowest BCUT2D eigenvalue weighted by Crippen LogP contribution is -2.38. The molecule has 0 aromatic heterocycles. The predicted molar refractivity (Wildman–Crippen MR) is 106 cm³/mol. The molecule has 24 heavy (non-hydrogen) atoms. The van der Waals surface area contributed by atoms with Gasteiger partial charge in [0.2, 0.25) is 0 Å². The van der Waals surface area contributed by atoms with Crippen LogP contribution in [-0.2, 0) is 16.4 Å². The Hall–Kier alpha value is -0.900. The number of rotatable bonds is 5. The van der Waals surface area contributed by atoms with Crippen molar-refractivity contribution in [3.8, 4) is 0 Å². The first kappa shape index (κ1) is 21.1. The van der Waals surface area contributed by atoms with Crippen LogP contribution in [0.2, 0.25) is 0 Å². The Morgan fingerprint density at radius 1 is 1.46 bits per heavy atom. The second-order valence-electron chi connectivity index (χ2n) is 5.95. The summed E-state index contributed by atoms with van der Waals surface area (Å²) in [7, 11) is -0.987. The van der Waals surface area contributed by atoms with Crippen molar-refractivity contribution in [2.45, 2.75) is 19.9 Å². The average Bonchev–Trinajstić information content (AvgIpc) is 2.82. The van der Waals surface area contributed by atoms with Gasteiger partial charge in [0, 0.05) is 26.7 Å². The molecule has 1 fully saturated rings. The standard InChI is InChI=1S/C16H24FN3O2S.HI/c1-3-18-16(19-10-14-7-8-23(21,22)12-14)20(2)11-13-5-4-6-15(17)9-13;/h4-6,9,14H,3,7-8,10-12H2,1-2H3,(H,18,19);1H. The fourth-order valence-electron chi connectivity index (χ4n) is 2.69. The number of benzene rings is 1. The molecular formula is C16H25FIN3O2S. The molecule has 0 amide bonds. The van der Waals surface area contributed by atoms with Gasteiger partial charge in [0.1, 0.15) is 5.82 Å². The maximum atomic E-state index is 13.3. The van der Waals surface area contributed by atoms with Crippen molar-refractivity contribution in [3.63, 3.8) is 0 Å². The van der Waals surface area contributed by atoms with Crippen LogP contribution in [0, 0.1) is 11.7 Å². The van der Waals surface area contributed by atoms with E-state index in [4.69, 9.17) is 0 Å². The lowest BCUT2D eigenvalue weighted by Gasteiger charge is -2.22. The molecule has 1 unspecified atom stereocenters. The molecule has 1 atom stereocenters. The fraction of sp³-hybridized carbons (Fsp3) is 0.562. The number of sulfone groups is 1. The van der Waals surface area contributed by atoms with Gasteiger partial charge in [-0.2, -0.15) is 0 Å². The van der Waals surface area contributed by atoms with E-state index in [-0.39, 0.29) is 47.2 Å². The van der Waals surface area contributed by atoms with Gasteiger partial charge in [0.25, 0.3) is 0 Å². The molecule has 0 radical (unpaired) electrons. The van der Waals surface area contributed by atoms with Gasteiger partial charge in [-0.15, -0.1) is 24.0 Å². The maximum absolute atomic E-state index is 13.3. The maximum Gasteiger partial charge on any atom is 0.193 e. The molecule has 1 aliphatic rings. The Bertz CT molecular complexity index is 667. The van der Waals surface area contributed by atoms with E-state index in [0.29, 0.717) is 25.5 Å². The SMILES string of the molecule is CCNC(=NCC1CCS(=O)(=O)C1)N(C)Cc1cccc(F)c1.I. The molecule has 5 nitrogen and oxygen atoms in total. The van der Waals surface area contributed by atoms with E-state index in [1.54, 1.807) is 6.07 Å². The van der Waals surface area contributed by atoms with Gasteiger partial charge in [0.05, 0.1) is 11.5 Å². The Balaban J connectivity index is 0.00000288. The summed E-state index contributed by atoms with van der Waals surface area (Å²) in [6.45, 7) is 3.72.